The Kier molecular flexibility index (Phi) is 4.01. The molecule has 3 amide bonds. The minimum atomic E-state index is -0.592. The van der Waals surface area contributed by atoms with Crippen LogP contribution in [0, 0.1) is 5.82 Å². The SMILES string of the molecule is CN(Cc1ccco1)C(=O)Nc1cc2c(cc1F)NC(=O)CC2. The largest absolute Gasteiger partial charge is 0.467 e. The number of amides is 3. The Morgan fingerprint density at radius 2 is 2.26 bits per heavy atom. The van der Waals surface area contributed by atoms with Crippen molar-refractivity contribution >= 4 is 23.3 Å². The fraction of sp³-hybridized carbons (Fsp3) is 0.250. The third-order valence-electron chi connectivity index (χ3n) is 3.65. The van der Waals surface area contributed by atoms with Crippen LogP contribution in [0.15, 0.2) is 34.9 Å². The molecule has 1 aromatic carbocycles. The zero-order valence-electron chi connectivity index (χ0n) is 12.6. The average Bonchev–Trinajstić information content (AvgIpc) is 3.01. The summed E-state index contributed by atoms with van der Waals surface area (Å²) in [4.78, 5) is 24.9. The average molecular weight is 317 g/mol. The van der Waals surface area contributed by atoms with Gasteiger partial charge in [-0.1, -0.05) is 0 Å². The molecule has 2 heterocycles. The van der Waals surface area contributed by atoms with Gasteiger partial charge in [0.25, 0.3) is 0 Å². The Morgan fingerprint density at radius 3 is 3.00 bits per heavy atom. The zero-order valence-corrected chi connectivity index (χ0v) is 12.6. The first-order chi connectivity index (χ1) is 11.0. The fourth-order valence-electron chi connectivity index (χ4n) is 2.42. The predicted molar refractivity (Wildman–Crippen MR) is 82.5 cm³/mol. The van der Waals surface area contributed by atoms with Crippen molar-refractivity contribution in [1.29, 1.82) is 0 Å². The monoisotopic (exact) mass is 317 g/mol. The number of nitrogens with one attached hydrogen (secondary N) is 2. The van der Waals surface area contributed by atoms with Crippen molar-refractivity contribution in [1.82, 2.24) is 4.90 Å². The summed E-state index contributed by atoms with van der Waals surface area (Å²) < 4.78 is 19.3. The molecule has 0 atom stereocenters. The molecule has 7 heteroatoms. The maximum absolute atomic E-state index is 14.1. The highest BCUT2D eigenvalue weighted by molar-refractivity contribution is 5.95. The van der Waals surface area contributed by atoms with Gasteiger partial charge in [0.1, 0.15) is 11.6 Å². The number of nitrogens with zero attached hydrogens (tertiary/aromatic N) is 1. The standard InChI is InChI=1S/C16H16FN3O3/c1-20(9-11-3-2-6-23-11)16(22)19-14-7-10-4-5-15(21)18-13(10)8-12(14)17/h2-3,6-8H,4-5,9H2,1H3,(H,18,21)(H,19,22). The lowest BCUT2D eigenvalue weighted by Gasteiger charge is -2.20. The molecule has 1 aliphatic rings. The van der Waals surface area contributed by atoms with Crippen LogP contribution >= 0.6 is 0 Å². The maximum atomic E-state index is 14.1. The minimum Gasteiger partial charge on any atom is -0.467 e. The summed E-state index contributed by atoms with van der Waals surface area (Å²) in [5.41, 5.74) is 1.35. The van der Waals surface area contributed by atoms with E-state index >= 15 is 0 Å². The third-order valence-corrected chi connectivity index (χ3v) is 3.65. The van der Waals surface area contributed by atoms with Crippen molar-refractivity contribution in [2.24, 2.45) is 0 Å². The summed E-state index contributed by atoms with van der Waals surface area (Å²) in [6, 6.07) is 5.84. The molecule has 0 fully saturated rings. The first kappa shape index (κ1) is 15.1. The second-order valence-electron chi connectivity index (χ2n) is 5.40. The number of furan rings is 1. The number of urea groups is 1. The topological polar surface area (TPSA) is 74.6 Å². The van der Waals surface area contributed by atoms with Crippen LogP contribution in [0.25, 0.3) is 0 Å². The van der Waals surface area contributed by atoms with E-state index in [0.29, 0.717) is 24.3 Å². The van der Waals surface area contributed by atoms with Gasteiger partial charge in [0.05, 0.1) is 18.5 Å². The molecule has 0 saturated heterocycles. The number of rotatable bonds is 3. The van der Waals surface area contributed by atoms with Gasteiger partial charge in [-0.15, -0.1) is 0 Å². The van der Waals surface area contributed by atoms with Crippen molar-refractivity contribution in [3.05, 3.63) is 47.7 Å². The molecule has 3 rings (SSSR count). The van der Waals surface area contributed by atoms with Gasteiger partial charge >= 0.3 is 6.03 Å². The Labute approximate surface area is 132 Å². The number of hydrogen-bond acceptors (Lipinski definition) is 3. The van der Waals surface area contributed by atoms with Gasteiger partial charge in [-0.3, -0.25) is 4.79 Å². The number of benzene rings is 1. The van der Waals surface area contributed by atoms with Crippen LogP contribution in [-0.4, -0.2) is 23.9 Å². The Balaban J connectivity index is 1.72. The van der Waals surface area contributed by atoms with Crippen molar-refractivity contribution in [3.8, 4) is 0 Å². The lowest BCUT2D eigenvalue weighted by molar-refractivity contribution is -0.116. The highest BCUT2D eigenvalue weighted by Crippen LogP contribution is 2.28. The molecule has 23 heavy (non-hydrogen) atoms. The zero-order chi connectivity index (χ0) is 16.4. The number of carbonyl (C=O) groups excluding carboxylic acids is 2. The second kappa shape index (κ2) is 6.12. The van der Waals surface area contributed by atoms with Crippen LogP contribution in [0.3, 0.4) is 0 Å². The molecule has 2 N–H and O–H groups in total. The predicted octanol–water partition coefficient (Wildman–Crippen LogP) is 2.97. The third kappa shape index (κ3) is 3.33. The van der Waals surface area contributed by atoms with Crippen LogP contribution < -0.4 is 10.6 Å². The van der Waals surface area contributed by atoms with Gasteiger partial charge in [0.15, 0.2) is 0 Å². The van der Waals surface area contributed by atoms with E-state index in [9.17, 15) is 14.0 Å². The number of carbonyl (C=O) groups is 2. The molecule has 120 valence electrons. The molecule has 0 aliphatic carbocycles. The molecule has 0 saturated carbocycles. The van der Waals surface area contributed by atoms with Crippen LogP contribution in [0.2, 0.25) is 0 Å². The highest BCUT2D eigenvalue weighted by Gasteiger charge is 2.19. The fourth-order valence-corrected chi connectivity index (χ4v) is 2.42. The molecule has 2 aromatic rings. The van der Waals surface area contributed by atoms with Crippen LogP contribution in [-0.2, 0) is 17.8 Å². The number of aryl methyl sites for hydroxylation is 1. The van der Waals surface area contributed by atoms with Crippen molar-refractivity contribution in [2.45, 2.75) is 19.4 Å². The summed E-state index contributed by atoms with van der Waals surface area (Å²) in [5.74, 6) is -0.0890. The van der Waals surface area contributed by atoms with Crippen molar-refractivity contribution in [3.63, 3.8) is 0 Å². The summed E-state index contributed by atoms with van der Waals surface area (Å²) in [6.45, 7) is 0.279. The molecule has 0 unspecified atom stereocenters. The highest BCUT2D eigenvalue weighted by atomic mass is 19.1. The number of halogens is 1. The van der Waals surface area contributed by atoms with E-state index in [0.717, 1.165) is 5.56 Å². The maximum Gasteiger partial charge on any atom is 0.322 e. The van der Waals surface area contributed by atoms with Crippen molar-refractivity contribution < 1.29 is 18.4 Å². The molecular weight excluding hydrogens is 301 g/mol. The van der Waals surface area contributed by atoms with Crippen LogP contribution in [0.1, 0.15) is 17.7 Å². The van der Waals surface area contributed by atoms with Gasteiger partial charge in [-0.2, -0.15) is 0 Å². The molecule has 1 aliphatic heterocycles. The van der Waals surface area contributed by atoms with E-state index in [1.165, 1.54) is 17.2 Å². The van der Waals surface area contributed by atoms with Gasteiger partial charge < -0.3 is 20.0 Å². The quantitative estimate of drug-likeness (QED) is 0.914. The summed E-state index contributed by atoms with van der Waals surface area (Å²) >= 11 is 0. The summed E-state index contributed by atoms with van der Waals surface area (Å²) in [6.07, 6.45) is 2.40. The molecule has 0 bridgehead atoms. The van der Waals surface area contributed by atoms with Gasteiger partial charge in [-0.25, -0.2) is 9.18 Å². The number of hydrogen-bond donors (Lipinski definition) is 2. The first-order valence-electron chi connectivity index (χ1n) is 7.19. The Hall–Kier alpha value is -2.83. The van der Waals surface area contributed by atoms with E-state index in [1.807, 2.05) is 0 Å². The van der Waals surface area contributed by atoms with E-state index < -0.39 is 11.8 Å². The molecular formula is C16H16FN3O3. The van der Waals surface area contributed by atoms with Gasteiger partial charge in [0.2, 0.25) is 5.91 Å². The van der Waals surface area contributed by atoms with E-state index in [4.69, 9.17) is 4.42 Å². The summed E-state index contributed by atoms with van der Waals surface area (Å²) in [7, 11) is 1.59. The van der Waals surface area contributed by atoms with Gasteiger partial charge in [0, 0.05) is 19.2 Å². The molecule has 0 spiro atoms. The number of fused-ring (bicyclic) bond motifs is 1. The van der Waals surface area contributed by atoms with Gasteiger partial charge in [-0.05, 0) is 36.2 Å². The van der Waals surface area contributed by atoms with E-state index in [-0.39, 0.29) is 18.1 Å². The Morgan fingerprint density at radius 1 is 1.43 bits per heavy atom. The number of anilines is 2. The molecule has 1 aromatic heterocycles. The lowest BCUT2D eigenvalue weighted by atomic mass is 10.0. The summed E-state index contributed by atoms with van der Waals surface area (Å²) in [5, 5.41) is 5.16. The van der Waals surface area contributed by atoms with E-state index in [1.54, 1.807) is 25.2 Å². The smallest absolute Gasteiger partial charge is 0.322 e. The van der Waals surface area contributed by atoms with Crippen LogP contribution in [0.5, 0.6) is 0 Å². The van der Waals surface area contributed by atoms with Crippen LogP contribution in [0.4, 0.5) is 20.6 Å². The van der Waals surface area contributed by atoms with E-state index in [2.05, 4.69) is 10.6 Å². The minimum absolute atomic E-state index is 0.0937. The normalized spacial score (nSPS) is 13.2. The lowest BCUT2D eigenvalue weighted by Crippen LogP contribution is -2.31. The molecule has 0 radical (unpaired) electrons. The molecule has 6 nitrogen and oxygen atoms in total. The van der Waals surface area contributed by atoms with Crippen molar-refractivity contribution in [2.75, 3.05) is 17.7 Å². The first-order valence-corrected chi connectivity index (χ1v) is 7.19. The second-order valence-corrected chi connectivity index (χ2v) is 5.40. The Bertz CT molecular complexity index is 743.